The number of rotatable bonds is 1. The van der Waals surface area contributed by atoms with Crippen LogP contribution in [-0.2, 0) is 16.5 Å². The van der Waals surface area contributed by atoms with Crippen molar-refractivity contribution >= 4 is 10.1 Å². The van der Waals surface area contributed by atoms with Gasteiger partial charge in [-0.05, 0) is 42.5 Å². The molecule has 4 nitrogen and oxygen atoms in total. The van der Waals surface area contributed by atoms with E-state index in [1.807, 2.05) is 0 Å². The van der Waals surface area contributed by atoms with Gasteiger partial charge < -0.3 is 5.73 Å². The number of benzene rings is 1. The molecule has 0 heterocycles. The first kappa shape index (κ1) is 10.6. The molecule has 0 saturated heterocycles. The molecule has 82 valence electrons. The van der Waals surface area contributed by atoms with Crippen LogP contribution in [0.25, 0.3) is 0 Å². The van der Waals surface area contributed by atoms with Gasteiger partial charge in [0.2, 0.25) is 0 Å². The van der Waals surface area contributed by atoms with Gasteiger partial charge in [0.1, 0.15) is 0 Å². The van der Waals surface area contributed by atoms with Crippen molar-refractivity contribution in [3.8, 4) is 0 Å². The summed E-state index contributed by atoms with van der Waals surface area (Å²) in [6, 6.07) is 4.61. The number of fused-ring (bicyclic) bond motifs is 1. The summed E-state index contributed by atoms with van der Waals surface area (Å²) in [7, 11) is -4.09. The zero-order valence-corrected chi connectivity index (χ0v) is 9.00. The number of aryl methyl sites for hydroxylation is 1. The minimum absolute atomic E-state index is 0.0100. The first-order valence-corrected chi connectivity index (χ1v) is 6.28. The molecule has 1 aromatic rings. The average molecular weight is 227 g/mol. The summed E-state index contributed by atoms with van der Waals surface area (Å²) in [5, 5.41) is 0. The number of nitrogens with two attached hydrogens (primary N) is 1. The molecule has 15 heavy (non-hydrogen) atoms. The lowest BCUT2D eigenvalue weighted by atomic mass is 9.88. The van der Waals surface area contributed by atoms with Crippen molar-refractivity contribution in [1.29, 1.82) is 0 Å². The van der Waals surface area contributed by atoms with Gasteiger partial charge >= 0.3 is 0 Å². The fourth-order valence-electron chi connectivity index (χ4n) is 1.99. The van der Waals surface area contributed by atoms with Crippen LogP contribution in [0.15, 0.2) is 23.1 Å². The Hall–Kier alpha value is -0.910. The van der Waals surface area contributed by atoms with Gasteiger partial charge in [0.15, 0.2) is 0 Å². The molecule has 0 aliphatic heterocycles. The zero-order chi connectivity index (χ0) is 11.1. The summed E-state index contributed by atoms with van der Waals surface area (Å²) in [6.45, 7) is 0. The smallest absolute Gasteiger partial charge is 0.294 e. The van der Waals surface area contributed by atoms with Gasteiger partial charge in [-0.25, -0.2) is 0 Å². The molecule has 0 spiro atoms. The lowest BCUT2D eigenvalue weighted by Gasteiger charge is -2.22. The Morgan fingerprint density at radius 1 is 1.40 bits per heavy atom. The molecule has 0 radical (unpaired) electrons. The third-order valence-electron chi connectivity index (χ3n) is 2.77. The number of hydrogen-bond donors (Lipinski definition) is 2. The van der Waals surface area contributed by atoms with Gasteiger partial charge in [0.05, 0.1) is 4.90 Å². The lowest BCUT2D eigenvalue weighted by Crippen LogP contribution is -2.17. The molecule has 1 aliphatic carbocycles. The normalized spacial score (nSPS) is 21.1. The van der Waals surface area contributed by atoms with Gasteiger partial charge in [-0.15, -0.1) is 0 Å². The van der Waals surface area contributed by atoms with Crippen LogP contribution in [0.1, 0.15) is 30.0 Å². The Balaban J connectivity index is 2.51. The summed E-state index contributed by atoms with van der Waals surface area (Å²) >= 11 is 0. The average Bonchev–Trinajstić information content (AvgIpc) is 2.16. The van der Waals surface area contributed by atoms with Crippen LogP contribution in [-0.4, -0.2) is 13.0 Å². The Bertz CT molecular complexity index is 481. The summed E-state index contributed by atoms with van der Waals surface area (Å²) in [5.74, 6) is 0. The lowest BCUT2D eigenvalue weighted by molar-refractivity contribution is 0.482. The quantitative estimate of drug-likeness (QED) is 0.708. The standard InChI is InChI=1S/C10H13NO3S/c11-10-3-1-2-7-6-8(15(12,13)14)4-5-9(7)10/h4-6,10H,1-3,11H2,(H,12,13,14). The van der Waals surface area contributed by atoms with Gasteiger partial charge in [-0.1, -0.05) is 6.07 Å². The second-order valence-electron chi connectivity index (χ2n) is 3.83. The first-order chi connectivity index (χ1) is 6.98. The number of hydrogen-bond acceptors (Lipinski definition) is 3. The fourth-order valence-corrected chi connectivity index (χ4v) is 2.52. The molecule has 5 heteroatoms. The van der Waals surface area contributed by atoms with E-state index in [2.05, 4.69) is 0 Å². The Morgan fingerprint density at radius 2 is 2.13 bits per heavy atom. The summed E-state index contributed by atoms with van der Waals surface area (Å²) < 4.78 is 30.7. The van der Waals surface area contributed by atoms with Crippen molar-refractivity contribution in [2.75, 3.05) is 0 Å². The van der Waals surface area contributed by atoms with Crippen LogP contribution in [0.3, 0.4) is 0 Å². The maximum atomic E-state index is 10.9. The molecule has 0 bridgehead atoms. The van der Waals surface area contributed by atoms with Crippen LogP contribution >= 0.6 is 0 Å². The van der Waals surface area contributed by atoms with Crippen molar-refractivity contribution in [2.24, 2.45) is 5.73 Å². The Morgan fingerprint density at radius 3 is 2.80 bits per heavy atom. The topological polar surface area (TPSA) is 80.4 Å². The van der Waals surface area contributed by atoms with Gasteiger partial charge in [0.25, 0.3) is 10.1 Å². The molecule has 0 aromatic heterocycles. The maximum Gasteiger partial charge on any atom is 0.294 e. The predicted molar refractivity (Wildman–Crippen MR) is 56.1 cm³/mol. The predicted octanol–water partition coefficient (Wildman–Crippen LogP) is 1.27. The van der Waals surface area contributed by atoms with Crippen molar-refractivity contribution < 1.29 is 13.0 Å². The molecule has 1 aliphatic rings. The molecule has 0 saturated carbocycles. The Kier molecular flexibility index (Phi) is 2.54. The summed E-state index contributed by atoms with van der Waals surface area (Å²) in [5.41, 5.74) is 7.82. The van der Waals surface area contributed by atoms with Crippen LogP contribution in [0, 0.1) is 0 Å². The summed E-state index contributed by atoms with van der Waals surface area (Å²) in [4.78, 5) is -0.0460. The SMILES string of the molecule is NC1CCCc2cc(S(=O)(=O)O)ccc21. The molecular formula is C10H13NO3S. The highest BCUT2D eigenvalue weighted by atomic mass is 32.2. The van der Waals surface area contributed by atoms with Gasteiger partial charge in [0, 0.05) is 6.04 Å². The van der Waals surface area contributed by atoms with E-state index in [9.17, 15) is 8.42 Å². The van der Waals surface area contributed by atoms with Gasteiger partial charge in [-0.3, -0.25) is 4.55 Å². The fraction of sp³-hybridized carbons (Fsp3) is 0.400. The molecule has 2 rings (SSSR count). The molecule has 1 unspecified atom stereocenters. The minimum atomic E-state index is -4.09. The highest BCUT2D eigenvalue weighted by Crippen LogP contribution is 2.29. The first-order valence-electron chi connectivity index (χ1n) is 4.84. The van der Waals surface area contributed by atoms with Crippen LogP contribution < -0.4 is 5.73 Å². The molecular weight excluding hydrogens is 214 g/mol. The summed E-state index contributed by atoms with van der Waals surface area (Å²) in [6.07, 6.45) is 2.72. The molecule has 1 aromatic carbocycles. The molecule has 0 amide bonds. The van der Waals surface area contributed by atoms with E-state index in [1.165, 1.54) is 12.1 Å². The highest BCUT2D eigenvalue weighted by molar-refractivity contribution is 7.85. The molecule has 0 fully saturated rings. The van der Waals surface area contributed by atoms with Crippen molar-refractivity contribution in [2.45, 2.75) is 30.2 Å². The maximum absolute atomic E-state index is 10.9. The van der Waals surface area contributed by atoms with Gasteiger partial charge in [-0.2, -0.15) is 8.42 Å². The second-order valence-corrected chi connectivity index (χ2v) is 5.26. The van der Waals surface area contributed by atoms with E-state index in [1.54, 1.807) is 6.07 Å². The van der Waals surface area contributed by atoms with E-state index < -0.39 is 10.1 Å². The van der Waals surface area contributed by atoms with Crippen LogP contribution in [0.2, 0.25) is 0 Å². The zero-order valence-electron chi connectivity index (χ0n) is 8.18. The van der Waals surface area contributed by atoms with E-state index >= 15 is 0 Å². The van der Waals surface area contributed by atoms with E-state index in [0.29, 0.717) is 0 Å². The monoisotopic (exact) mass is 227 g/mol. The van der Waals surface area contributed by atoms with Crippen molar-refractivity contribution in [3.63, 3.8) is 0 Å². The molecule has 3 N–H and O–H groups in total. The van der Waals surface area contributed by atoms with E-state index in [0.717, 1.165) is 30.4 Å². The van der Waals surface area contributed by atoms with E-state index in [-0.39, 0.29) is 10.9 Å². The van der Waals surface area contributed by atoms with E-state index in [4.69, 9.17) is 10.3 Å². The van der Waals surface area contributed by atoms with Crippen molar-refractivity contribution in [1.82, 2.24) is 0 Å². The molecule has 1 atom stereocenters. The minimum Gasteiger partial charge on any atom is -0.324 e. The Labute approximate surface area is 88.9 Å². The largest absolute Gasteiger partial charge is 0.324 e. The highest BCUT2D eigenvalue weighted by Gasteiger charge is 2.19. The van der Waals surface area contributed by atoms with Crippen LogP contribution in [0.4, 0.5) is 0 Å². The van der Waals surface area contributed by atoms with Crippen LogP contribution in [0.5, 0.6) is 0 Å². The second kappa shape index (κ2) is 3.59. The third kappa shape index (κ3) is 2.04. The van der Waals surface area contributed by atoms with Crippen molar-refractivity contribution in [3.05, 3.63) is 29.3 Å². The third-order valence-corrected chi connectivity index (χ3v) is 3.62.